The van der Waals surface area contributed by atoms with Crippen molar-refractivity contribution in [3.8, 4) is 5.69 Å². The predicted octanol–water partition coefficient (Wildman–Crippen LogP) is 5.22. The Balaban J connectivity index is 1.73. The molecule has 0 spiro atoms. The molecular formula is C22H30N2O. The minimum Gasteiger partial charge on any atom is -0.339 e. The zero-order chi connectivity index (χ0) is 17.6. The Morgan fingerprint density at radius 1 is 1.00 bits per heavy atom. The van der Waals surface area contributed by atoms with Crippen LogP contribution < -0.4 is 0 Å². The van der Waals surface area contributed by atoms with Crippen LogP contribution in [0, 0.1) is 12.8 Å². The summed E-state index contributed by atoms with van der Waals surface area (Å²) in [6.45, 7) is 6.21. The highest BCUT2D eigenvalue weighted by Gasteiger charge is 2.17. The number of amides is 1. The van der Waals surface area contributed by atoms with E-state index in [2.05, 4.69) is 29.4 Å². The molecule has 1 aliphatic rings. The van der Waals surface area contributed by atoms with Crippen LogP contribution in [0.5, 0.6) is 0 Å². The molecule has 2 aromatic rings. The smallest absolute Gasteiger partial charge is 0.253 e. The van der Waals surface area contributed by atoms with Gasteiger partial charge in [-0.15, -0.1) is 0 Å². The van der Waals surface area contributed by atoms with E-state index in [0.717, 1.165) is 48.7 Å². The van der Waals surface area contributed by atoms with Gasteiger partial charge in [0.25, 0.3) is 5.91 Å². The molecule has 3 nitrogen and oxygen atoms in total. The second-order valence-electron chi connectivity index (χ2n) is 7.48. The number of nitrogens with zero attached hydrogens (tertiary/aromatic N) is 2. The average Bonchev–Trinajstić information content (AvgIpc) is 3.14. The first kappa shape index (κ1) is 17.8. The van der Waals surface area contributed by atoms with Gasteiger partial charge < -0.3 is 9.47 Å². The van der Waals surface area contributed by atoms with Crippen molar-refractivity contribution < 1.29 is 4.79 Å². The molecule has 0 saturated carbocycles. The quantitative estimate of drug-likeness (QED) is 0.737. The van der Waals surface area contributed by atoms with Gasteiger partial charge in [-0.2, -0.15) is 0 Å². The summed E-state index contributed by atoms with van der Waals surface area (Å²) in [6, 6.07) is 10.1. The number of hydrogen-bond acceptors (Lipinski definition) is 1. The molecule has 134 valence electrons. The molecule has 1 amide bonds. The van der Waals surface area contributed by atoms with E-state index in [4.69, 9.17) is 0 Å². The van der Waals surface area contributed by atoms with Gasteiger partial charge in [-0.25, -0.2) is 0 Å². The van der Waals surface area contributed by atoms with Gasteiger partial charge in [0.15, 0.2) is 0 Å². The molecule has 0 N–H and O–H groups in total. The highest BCUT2D eigenvalue weighted by atomic mass is 16.2. The maximum absolute atomic E-state index is 13.0. The summed E-state index contributed by atoms with van der Waals surface area (Å²) in [7, 11) is 0. The molecule has 2 heterocycles. The summed E-state index contributed by atoms with van der Waals surface area (Å²) in [6.07, 6.45) is 11.4. The summed E-state index contributed by atoms with van der Waals surface area (Å²) < 4.78 is 2.09. The van der Waals surface area contributed by atoms with Crippen LogP contribution in [-0.2, 0) is 0 Å². The minimum absolute atomic E-state index is 0.190. The van der Waals surface area contributed by atoms with Crippen LogP contribution >= 0.6 is 0 Å². The summed E-state index contributed by atoms with van der Waals surface area (Å²) >= 11 is 0. The molecule has 1 aromatic carbocycles. The molecule has 0 aliphatic carbocycles. The second kappa shape index (κ2) is 8.37. The topological polar surface area (TPSA) is 25.2 Å². The number of hydrogen-bond donors (Lipinski definition) is 0. The maximum atomic E-state index is 13.0. The molecule has 1 saturated heterocycles. The third-order valence-corrected chi connectivity index (χ3v) is 5.36. The van der Waals surface area contributed by atoms with Crippen LogP contribution in [0.25, 0.3) is 5.69 Å². The van der Waals surface area contributed by atoms with Gasteiger partial charge in [-0.05, 0) is 68.0 Å². The Labute approximate surface area is 151 Å². The van der Waals surface area contributed by atoms with Gasteiger partial charge in [0, 0.05) is 36.7 Å². The fourth-order valence-electron chi connectivity index (χ4n) is 3.82. The number of benzene rings is 1. The number of carbonyl (C=O) groups excluding carboxylic acids is 1. The molecule has 0 radical (unpaired) electrons. The molecule has 25 heavy (non-hydrogen) atoms. The number of carbonyl (C=O) groups is 1. The molecule has 1 fully saturated rings. The molecule has 1 atom stereocenters. The lowest BCUT2D eigenvalue weighted by Gasteiger charge is -2.25. The summed E-state index contributed by atoms with van der Waals surface area (Å²) in [4.78, 5) is 15.1. The van der Waals surface area contributed by atoms with Crippen molar-refractivity contribution in [1.82, 2.24) is 9.47 Å². The van der Waals surface area contributed by atoms with Crippen LogP contribution in [0.1, 0.15) is 61.4 Å². The van der Waals surface area contributed by atoms with Gasteiger partial charge in [0.1, 0.15) is 0 Å². The van der Waals surface area contributed by atoms with Crippen molar-refractivity contribution in [2.24, 2.45) is 5.92 Å². The Bertz CT molecular complexity index is 690. The van der Waals surface area contributed by atoms with E-state index in [9.17, 15) is 4.79 Å². The normalized spacial score (nSPS) is 19.6. The molecule has 1 unspecified atom stereocenters. The molecule has 3 rings (SSSR count). The minimum atomic E-state index is 0.190. The van der Waals surface area contributed by atoms with E-state index >= 15 is 0 Å². The van der Waals surface area contributed by atoms with Crippen LogP contribution in [0.2, 0.25) is 0 Å². The first-order chi connectivity index (χ1) is 12.1. The van der Waals surface area contributed by atoms with E-state index in [0.29, 0.717) is 0 Å². The first-order valence-corrected chi connectivity index (χ1v) is 9.68. The molecular weight excluding hydrogens is 308 g/mol. The van der Waals surface area contributed by atoms with E-state index in [1.54, 1.807) is 0 Å². The van der Waals surface area contributed by atoms with E-state index < -0.39 is 0 Å². The molecule has 0 bridgehead atoms. The van der Waals surface area contributed by atoms with Crippen LogP contribution in [0.4, 0.5) is 0 Å². The van der Waals surface area contributed by atoms with Crippen molar-refractivity contribution in [1.29, 1.82) is 0 Å². The Morgan fingerprint density at radius 2 is 1.72 bits per heavy atom. The van der Waals surface area contributed by atoms with E-state index in [1.807, 2.05) is 36.7 Å². The Morgan fingerprint density at radius 3 is 2.48 bits per heavy atom. The second-order valence-corrected chi connectivity index (χ2v) is 7.48. The molecule has 3 heteroatoms. The van der Waals surface area contributed by atoms with Crippen LogP contribution in [0.15, 0.2) is 42.7 Å². The van der Waals surface area contributed by atoms with Crippen molar-refractivity contribution in [2.75, 3.05) is 13.1 Å². The third-order valence-electron chi connectivity index (χ3n) is 5.36. The Hall–Kier alpha value is -2.03. The monoisotopic (exact) mass is 338 g/mol. The van der Waals surface area contributed by atoms with E-state index in [1.165, 1.54) is 25.7 Å². The lowest BCUT2D eigenvalue weighted by Crippen LogP contribution is -2.33. The SMILES string of the molecule is Cc1cc(C(=O)N2CCCCCC(C)CCC2)ccc1-n1cccc1. The van der Waals surface area contributed by atoms with E-state index in [-0.39, 0.29) is 5.91 Å². The van der Waals surface area contributed by atoms with Gasteiger partial charge in [0.05, 0.1) is 0 Å². The van der Waals surface area contributed by atoms with Crippen molar-refractivity contribution in [3.05, 3.63) is 53.9 Å². The predicted molar refractivity (Wildman–Crippen MR) is 103 cm³/mol. The summed E-state index contributed by atoms with van der Waals surface area (Å²) in [5.74, 6) is 0.980. The van der Waals surface area contributed by atoms with Crippen molar-refractivity contribution in [3.63, 3.8) is 0 Å². The molecule has 1 aromatic heterocycles. The highest BCUT2D eigenvalue weighted by Crippen LogP contribution is 2.20. The largest absolute Gasteiger partial charge is 0.339 e. The average molecular weight is 338 g/mol. The maximum Gasteiger partial charge on any atom is 0.253 e. The van der Waals surface area contributed by atoms with Gasteiger partial charge in [0.2, 0.25) is 0 Å². The summed E-state index contributed by atoms with van der Waals surface area (Å²) in [5, 5.41) is 0. The van der Waals surface area contributed by atoms with Crippen molar-refractivity contribution in [2.45, 2.75) is 52.4 Å². The number of aryl methyl sites for hydroxylation is 1. The van der Waals surface area contributed by atoms with Crippen LogP contribution in [-0.4, -0.2) is 28.5 Å². The van der Waals surface area contributed by atoms with Crippen LogP contribution in [0.3, 0.4) is 0 Å². The number of aromatic nitrogens is 1. The lowest BCUT2D eigenvalue weighted by molar-refractivity contribution is 0.0744. The Kier molecular flexibility index (Phi) is 5.95. The summed E-state index contributed by atoms with van der Waals surface area (Å²) in [5.41, 5.74) is 3.09. The highest BCUT2D eigenvalue weighted by molar-refractivity contribution is 5.94. The standard InChI is InChI=1S/C22H30N2O/c1-18-9-4-3-5-15-24(16-8-10-18)22(25)20-11-12-21(19(2)17-20)23-13-6-7-14-23/h6-7,11-14,17-18H,3-5,8-10,15-16H2,1-2H3. The van der Waals surface area contributed by atoms with Crippen molar-refractivity contribution >= 4 is 5.91 Å². The zero-order valence-electron chi connectivity index (χ0n) is 15.6. The molecule has 1 aliphatic heterocycles. The first-order valence-electron chi connectivity index (χ1n) is 9.68. The zero-order valence-corrected chi connectivity index (χ0v) is 15.6. The fourth-order valence-corrected chi connectivity index (χ4v) is 3.82. The van der Waals surface area contributed by atoms with Gasteiger partial charge in [-0.3, -0.25) is 4.79 Å². The van der Waals surface area contributed by atoms with Gasteiger partial charge in [-0.1, -0.05) is 26.2 Å². The fraction of sp³-hybridized carbons (Fsp3) is 0.500. The van der Waals surface area contributed by atoms with Gasteiger partial charge >= 0.3 is 0 Å². The number of rotatable bonds is 2. The lowest BCUT2D eigenvalue weighted by atomic mass is 9.96. The third kappa shape index (κ3) is 4.53.